The standard InChI is InChI=1S/C10H19N/c1-8(2)6-7-10(5)11-9(3)4/h10-11H,1,3,6-7H2,2,4-5H3. The summed E-state index contributed by atoms with van der Waals surface area (Å²) >= 11 is 0. The van der Waals surface area contributed by atoms with Gasteiger partial charge in [-0.25, -0.2) is 0 Å². The molecule has 0 amide bonds. The summed E-state index contributed by atoms with van der Waals surface area (Å²) in [7, 11) is 0. The van der Waals surface area contributed by atoms with E-state index in [1.807, 2.05) is 6.92 Å². The summed E-state index contributed by atoms with van der Waals surface area (Å²) in [5.74, 6) is 0. The van der Waals surface area contributed by atoms with Crippen LogP contribution in [-0.2, 0) is 0 Å². The summed E-state index contributed by atoms with van der Waals surface area (Å²) in [5.41, 5.74) is 2.29. The van der Waals surface area contributed by atoms with E-state index >= 15 is 0 Å². The van der Waals surface area contributed by atoms with Crippen LogP contribution in [0.4, 0.5) is 0 Å². The second-order valence-corrected chi connectivity index (χ2v) is 3.32. The molecule has 0 spiro atoms. The molecule has 1 nitrogen and oxygen atoms in total. The molecule has 11 heavy (non-hydrogen) atoms. The van der Waals surface area contributed by atoms with Gasteiger partial charge in [-0.05, 0) is 33.6 Å². The lowest BCUT2D eigenvalue weighted by molar-refractivity contribution is 0.568. The lowest BCUT2D eigenvalue weighted by atomic mass is 10.1. The van der Waals surface area contributed by atoms with E-state index in [2.05, 4.69) is 32.3 Å². The van der Waals surface area contributed by atoms with E-state index in [4.69, 9.17) is 0 Å². The molecular weight excluding hydrogens is 134 g/mol. The van der Waals surface area contributed by atoms with Crippen molar-refractivity contribution < 1.29 is 0 Å². The summed E-state index contributed by atoms with van der Waals surface area (Å²) in [6.45, 7) is 13.9. The van der Waals surface area contributed by atoms with Crippen molar-refractivity contribution in [3.8, 4) is 0 Å². The Kier molecular flexibility index (Phi) is 4.67. The van der Waals surface area contributed by atoms with Crippen LogP contribution < -0.4 is 5.32 Å². The Hall–Kier alpha value is -0.720. The molecule has 0 heterocycles. The Labute approximate surface area is 70.2 Å². The van der Waals surface area contributed by atoms with Gasteiger partial charge in [-0.15, -0.1) is 6.58 Å². The minimum atomic E-state index is 0.518. The lowest BCUT2D eigenvalue weighted by Crippen LogP contribution is -2.23. The highest BCUT2D eigenvalue weighted by atomic mass is 14.9. The summed E-state index contributed by atoms with van der Waals surface area (Å²) in [6, 6.07) is 0.518. The second kappa shape index (κ2) is 5.00. The largest absolute Gasteiger partial charge is 0.387 e. The first kappa shape index (κ1) is 10.3. The monoisotopic (exact) mass is 153 g/mol. The second-order valence-electron chi connectivity index (χ2n) is 3.32. The van der Waals surface area contributed by atoms with Crippen LogP contribution in [0.25, 0.3) is 0 Å². The minimum Gasteiger partial charge on any atom is -0.387 e. The minimum absolute atomic E-state index is 0.518. The van der Waals surface area contributed by atoms with Gasteiger partial charge >= 0.3 is 0 Å². The highest BCUT2D eigenvalue weighted by molar-refractivity contribution is 4.91. The van der Waals surface area contributed by atoms with Gasteiger partial charge < -0.3 is 5.32 Å². The molecule has 0 aliphatic carbocycles. The number of rotatable bonds is 5. The van der Waals surface area contributed by atoms with Crippen molar-refractivity contribution in [3.05, 3.63) is 24.4 Å². The van der Waals surface area contributed by atoms with Crippen molar-refractivity contribution in [2.24, 2.45) is 0 Å². The average Bonchev–Trinajstić information content (AvgIpc) is 1.82. The van der Waals surface area contributed by atoms with Gasteiger partial charge in [-0.2, -0.15) is 0 Å². The zero-order chi connectivity index (χ0) is 8.85. The maximum Gasteiger partial charge on any atom is 0.0232 e. The molecule has 0 aromatic heterocycles. The molecule has 0 saturated heterocycles. The predicted octanol–water partition coefficient (Wildman–Crippen LogP) is 2.85. The van der Waals surface area contributed by atoms with E-state index in [0.29, 0.717) is 6.04 Å². The van der Waals surface area contributed by atoms with Gasteiger partial charge in [0.1, 0.15) is 0 Å². The fourth-order valence-corrected chi connectivity index (χ4v) is 0.956. The first-order valence-corrected chi connectivity index (χ1v) is 4.08. The van der Waals surface area contributed by atoms with Crippen LogP contribution in [0.1, 0.15) is 33.6 Å². The number of hydrogen-bond acceptors (Lipinski definition) is 1. The Morgan fingerprint density at radius 3 is 2.27 bits per heavy atom. The van der Waals surface area contributed by atoms with E-state index < -0.39 is 0 Å². The van der Waals surface area contributed by atoms with E-state index in [-0.39, 0.29) is 0 Å². The van der Waals surface area contributed by atoms with Gasteiger partial charge in [0.25, 0.3) is 0 Å². The smallest absolute Gasteiger partial charge is 0.0232 e. The third-order valence-electron chi connectivity index (χ3n) is 1.50. The van der Waals surface area contributed by atoms with Crippen molar-refractivity contribution in [2.75, 3.05) is 0 Å². The predicted molar refractivity (Wildman–Crippen MR) is 51.5 cm³/mol. The van der Waals surface area contributed by atoms with Crippen LogP contribution in [0.3, 0.4) is 0 Å². The molecule has 0 bridgehead atoms. The fraction of sp³-hybridized carbons (Fsp3) is 0.600. The van der Waals surface area contributed by atoms with Gasteiger partial charge in [-0.1, -0.05) is 12.2 Å². The van der Waals surface area contributed by atoms with Gasteiger partial charge in [0.15, 0.2) is 0 Å². The zero-order valence-corrected chi connectivity index (χ0v) is 7.91. The molecular formula is C10H19N. The molecule has 0 aliphatic heterocycles. The summed E-state index contributed by atoms with van der Waals surface area (Å²) in [6.07, 6.45) is 2.24. The van der Waals surface area contributed by atoms with Crippen molar-refractivity contribution in [1.29, 1.82) is 0 Å². The van der Waals surface area contributed by atoms with E-state index in [0.717, 1.165) is 18.5 Å². The third kappa shape index (κ3) is 7.17. The van der Waals surface area contributed by atoms with Crippen LogP contribution >= 0.6 is 0 Å². The topological polar surface area (TPSA) is 12.0 Å². The molecule has 1 heteroatoms. The highest BCUT2D eigenvalue weighted by Crippen LogP contribution is 2.04. The van der Waals surface area contributed by atoms with Crippen LogP contribution in [-0.4, -0.2) is 6.04 Å². The van der Waals surface area contributed by atoms with E-state index in [1.54, 1.807) is 0 Å². The SMILES string of the molecule is C=C(C)CCC(C)NC(=C)C. The first-order valence-electron chi connectivity index (χ1n) is 4.08. The molecule has 0 radical (unpaired) electrons. The van der Waals surface area contributed by atoms with E-state index in [9.17, 15) is 0 Å². The quantitative estimate of drug-likeness (QED) is 0.599. The van der Waals surface area contributed by atoms with Crippen molar-refractivity contribution in [1.82, 2.24) is 5.32 Å². The van der Waals surface area contributed by atoms with Crippen molar-refractivity contribution in [3.63, 3.8) is 0 Å². The van der Waals surface area contributed by atoms with Crippen LogP contribution in [0.5, 0.6) is 0 Å². The van der Waals surface area contributed by atoms with Gasteiger partial charge in [-0.3, -0.25) is 0 Å². The Morgan fingerprint density at radius 2 is 1.91 bits per heavy atom. The van der Waals surface area contributed by atoms with Gasteiger partial charge in [0.05, 0.1) is 0 Å². The first-order chi connectivity index (χ1) is 5.02. The molecule has 0 fully saturated rings. The summed E-state index contributed by atoms with van der Waals surface area (Å²) < 4.78 is 0. The molecule has 0 saturated carbocycles. The number of allylic oxidation sites excluding steroid dienone is 2. The molecule has 1 unspecified atom stereocenters. The summed E-state index contributed by atoms with van der Waals surface area (Å²) in [4.78, 5) is 0. The maximum absolute atomic E-state index is 3.86. The molecule has 0 aliphatic rings. The fourth-order valence-electron chi connectivity index (χ4n) is 0.956. The molecule has 0 aromatic carbocycles. The molecule has 64 valence electrons. The molecule has 1 N–H and O–H groups in total. The average molecular weight is 153 g/mol. The van der Waals surface area contributed by atoms with Crippen LogP contribution in [0, 0.1) is 0 Å². The van der Waals surface area contributed by atoms with Gasteiger partial charge in [0, 0.05) is 11.7 Å². The van der Waals surface area contributed by atoms with Crippen molar-refractivity contribution >= 4 is 0 Å². The maximum atomic E-state index is 3.86. The van der Waals surface area contributed by atoms with Crippen LogP contribution in [0.2, 0.25) is 0 Å². The molecule has 0 rings (SSSR count). The molecule has 0 aromatic rings. The van der Waals surface area contributed by atoms with Crippen molar-refractivity contribution in [2.45, 2.75) is 39.7 Å². The summed E-state index contributed by atoms with van der Waals surface area (Å²) in [5, 5.41) is 3.26. The van der Waals surface area contributed by atoms with Gasteiger partial charge in [0.2, 0.25) is 0 Å². The van der Waals surface area contributed by atoms with E-state index in [1.165, 1.54) is 5.57 Å². The number of nitrogens with one attached hydrogen (secondary N) is 1. The Morgan fingerprint density at radius 1 is 1.36 bits per heavy atom. The third-order valence-corrected chi connectivity index (χ3v) is 1.50. The zero-order valence-electron chi connectivity index (χ0n) is 7.91. The lowest BCUT2D eigenvalue weighted by Gasteiger charge is -2.14. The van der Waals surface area contributed by atoms with Crippen LogP contribution in [0.15, 0.2) is 24.4 Å². The Bertz CT molecular complexity index is 147. The Balaban J connectivity index is 3.44. The normalized spacial score (nSPS) is 12.3. The molecule has 1 atom stereocenters. The number of hydrogen-bond donors (Lipinski definition) is 1. The highest BCUT2D eigenvalue weighted by Gasteiger charge is 1.99.